The highest BCUT2D eigenvalue weighted by atomic mass is 16.2. The number of rotatable bonds is 3. The van der Waals surface area contributed by atoms with E-state index >= 15 is 0 Å². The third-order valence-electron chi connectivity index (χ3n) is 5.21. The van der Waals surface area contributed by atoms with Crippen LogP contribution in [0.1, 0.15) is 11.9 Å². The third kappa shape index (κ3) is 2.74. The molecule has 0 radical (unpaired) electrons. The van der Waals surface area contributed by atoms with E-state index in [1.165, 1.54) is 10.9 Å². The first-order valence-corrected chi connectivity index (χ1v) is 8.98. The van der Waals surface area contributed by atoms with Crippen LogP contribution in [0, 0.1) is 0 Å². The van der Waals surface area contributed by atoms with Gasteiger partial charge in [0.15, 0.2) is 11.2 Å². The predicted molar refractivity (Wildman–Crippen MR) is 101 cm³/mol. The molecule has 0 spiro atoms. The van der Waals surface area contributed by atoms with Crippen molar-refractivity contribution in [3.63, 3.8) is 0 Å². The van der Waals surface area contributed by atoms with Gasteiger partial charge in [0.05, 0.1) is 6.33 Å². The lowest BCUT2D eigenvalue weighted by atomic mass is 10.1. The van der Waals surface area contributed by atoms with Gasteiger partial charge in [0.1, 0.15) is 18.4 Å². The molecule has 1 N–H and O–H groups in total. The summed E-state index contributed by atoms with van der Waals surface area (Å²) in [7, 11) is 5.09. The minimum Gasteiger partial charge on any atom is -0.336 e. The maximum Gasteiger partial charge on any atom is 0.332 e. The molecule has 1 saturated heterocycles. The lowest BCUT2D eigenvalue weighted by molar-refractivity contribution is -0.135. The summed E-state index contributed by atoms with van der Waals surface area (Å²) in [5, 5.41) is 3.27. The van der Waals surface area contributed by atoms with Crippen molar-refractivity contribution in [1.29, 1.82) is 0 Å². The second-order valence-electron chi connectivity index (χ2n) is 6.96. The molecule has 1 amide bonds. The molecule has 1 aliphatic rings. The Kier molecular flexibility index (Phi) is 4.38. The molecule has 0 aliphatic carbocycles. The molecule has 28 heavy (non-hydrogen) atoms. The minimum atomic E-state index is -0.562. The Bertz CT molecular complexity index is 1170. The Morgan fingerprint density at radius 3 is 2.71 bits per heavy atom. The highest BCUT2D eigenvalue weighted by Crippen LogP contribution is 2.20. The van der Waals surface area contributed by atoms with Crippen molar-refractivity contribution in [2.75, 3.05) is 19.6 Å². The Hall–Kier alpha value is -3.21. The summed E-state index contributed by atoms with van der Waals surface area (Å²) in [6.45, 7) is 1.34. The fraction of sp³-hybridized carbons (Fsp3) is 0.471. The van der Waals surface area contributed by atoms with Crippen LogP contribution in [0.2, 0.25) is 0 Å². The molecule has 1 atom stereocenters. The minimum absolute atomic E-state index is 0.263. The molecule has 3 aromatic heterocycles. The molecule has 3 aromatic rings. The highest BCUT2D eigenvalue weighted by molar-refractivity contribution is 5.77. The van der Waals surface area contributed by atoms with E-state index in [0.717, 1.165) is 10.4 Å². The van der Waals surface area contributed by atoms with Crippen molar-refractivity contribution in [2.24, 2.45) is 21.1 Å². The largest absolute Gasteiger partial charge is 0.336 e. The van der Waals surface area contributed by atoms with Crippen LogP contribution in [0.25, 0.3) is 11.2 Å². The standard InChI is InChI=1S/C17H22N8O3/c1-21-6-5-19-14(21)11-8-18-4-7-24(11)12(26)9-25-16(27)13-15(20-10-22(13)2)23(3)17(25)28/h5-6,10-11,18H,4,7-9H2,1-3H3. The topological polar surface area (TPSA) is 112 Å². The summed E-state index contributed by atoms with van der Waals surface area (Å²) in [6, 6.07) is -0.263. The first-order valence-electron chi connectivity index (χ1n) is 8.98. The Morgan fingerprint density at radius 1 is 1.21 bits per heavy atom. The van der Waals surface area contributed by atoms with Gasteiger partial charge < -0.3 is 19.4 Å². The molecular formula is C17H22N8O3. The van der Waals surface area contributed by atoms with E-state index < -0.39 is 11.2 Å². The van der Waals surface area contributed by atoms with Crippen molar-refractivity contribution in [3.8, 4) is 0 Å². The molecule has 148 valence electrons. The van der Waals surface area contributed by atoms with Crippen molar-refractivity contribution < 1.29 is 4.79 Å². The molecule has 0 bridgehead atoms. The predicted octanol–water partition coefficient (Wildman–Crippen LogP) is -1.66. The second-order valence-corrected chi connectivity index (χ2v) is 6.96. The molecule has 4 heterocycles. The summed E-state index contributed by atoms with van der Waals surface area (Å²) >= 11 is 0. The van der Waals surface area contributed by atoms with E-state index in [0.29, 0.717) is 25.3 Å². The number of imidazole rings is 2. The van der Waals surface area contributed by atoms with E-state index in [1.54, 1.807) is 29.8 Å². The van der Waals surface area contributed by atoms with Crippen LogP contribution in [0.4, 0.5) is 0 Å². The number of nitrogens with one attached hydrogen (secondary N) is 1. The van der Waals surface area contributed by atoms with Crippen LogP contribution in [-0.2, 0) is 32.5 Å². The average Bonchev–Trinajstić information content (AvgIpc) is 3.29. The fourth-order valence-electron chi connectivity index (χ4n) is 3.69. The molecule has 1 unspecified atom stereocenters. The quantitative estimate of drug-likeness (QED) is 0.577. The number of hydrogen-bond donors (Lipinski definition) is 1. The maximum atomic E-state index is 13.1. The molecular weight excluding hydrogens is 364 g/mol. The number of aryl methyl sites for hydroxylation is 3. The molecule has 0 aromatic carbocycles. The van der Waals surface area contributed by atoms with Crippen LogP contribution in [-0.4, -0.2) is 58.7 Å². The number of piperazine rings is 1. The zero-order valence-corrected chi connectivity index (χ0v) is 16.0. The summed E-state index contributed by atoms with van der Waals surface area (Å²) in [6.07, 6.45) is 4.98. The van der Waals surface area contributed by atoms with Crippen LogP contribution in [0.3, 0.4) is 0 Å². The summed E-state index contributed by atoms with van der Waals surface area (Å²) < 4.78 is 5.69. The number of hydrogen-bond acceptors (Lipinski definition) is 6. The SMILES string of the molecule is Cn1ccnc1C1CNCCN1C(=O)Cn1c(=O)c2c(ncn2C)n(C)c1=O. The average molecular weight is 386 g/mol. The van der Waals surface area contributed by atoms with Gasteiger partial charge in [-0.1, -0.05) is 0 Å². The number of aromatic nitrogens is 6. The van der Waals surface area contributed by atoms with Crippen LogP contribution in [0.15, 0.2) is 28.3 Å². The molecule has 4 rings (SSSR count). The Labute approximate surface area is 159 Å². The fourth-order valence-corrected chi connectivity index (χ4v) is 3.69. The first-order chi connectivity index (χ1) is 13.4. The van der Waals surface area contributed by atoms with Crippen molar-refractivity contribution in [3.05, 3.63) is 45.4 Å². The number of fused-ring (bicyclic) bond motifs is 1. The number of carbonyl (C=O) groups excluding carboxylic acids is 1. The van der Waals surface area contributed by atoms with E-state index in [9.17, 15) is 14.4 Å². The highest BCUT2D eigenvalue weighted by Gasteiger charge is 2.31. The molecule has 1 fully saturated rings. The van der Waals surface area contributed by atoms with E-state index in [4.69, 9.17) is 0 Å². The first kappa shape index (κ1) is 18.2. The molecule has 0 saturated carbocycles. The molecule has 1 aliphatic heterocycles. The van der Waals surface area contributed by atoms with Gasteiger partial charge in [-0.25, -0.2) is 19.3 Å². The molecule has 11 nitrogen and oxygen atoms in total. The number of amides is 1. The van der Waals surface area contributed by atoms with Gasteiger partial charge in [0.2, 0.25) is 5.91 Å². The normalized spacial score (nSPS) is 17.4. The lowest BCUT2D eigenvalue weighted by Crippen LogP contribution is -2.52. The van der Waals surface area contributed by atoms with Crippen molar-refractivity contribution >= 4 is 17.1 Å². The zero-order valence-electron chi connectivity index (χ0n) is 16.0. The number of carbonyl (C=O) groups is 1. The van der Waals surface area contributed by atoms with E-state index in [-0.39, 0.29) is 24.0 Å². The third-order valence-corrected chi connectivity index (χ3v) is 5.21. The Balaban J connectivity index is 1.72. The van der Waals surface area contributed by atoms with Gasteiger partial charge in [-0.15, -0.1) is 0 Å². The van der Waals surface area contributed by atoms with Gasteiger partial charge in [0.25, 0.3) is 5.56 Å². The Morgan fingerprint density at radius 2 is 2.00 bits per heavy atom. The van der Waals surface area contributed by atoms with Crippen molar-refractivity contribution in [2.45, 2.75) is 12.6 Å². The molecule has 11 heteroatoms. The van der Waals surface area contributed by atoms with Gasteiger partial charge in [-0.2, -0.15) is 0 Å². The summed E-state index contributed by atoms with van der Waals surface area (Å²) in [5.41, 5.74) is -0.492. The van der Waals surface area contributed by atoms with Crippen LogP contribution in [0.5, 0.6) is 0 Å². The smallest absolute Gasteiger partial charge is 0.332 e. The van der Waals surface area contributed by atoms with Gasteiger partial charge in [-0.3, -0.25) is 14.2 Å². The monoisotopic (exact) mass is 386 g/mol. The maximum absolute atomic E-state index is 13.1. The van der Waals surface area contributed by atoms with Gasteiger partial charge in [0, 0.05) is 53.2 Å². The van der Waals surface area contributed by atoms with Gasteiger partial charge in [-0.05, 0) is 0 Å². The van der Waals surface area contributed by atoms with Crippen molar-refractivity contribution in [1.82, 2.24) is 38.5 Å². The van der Waals surface area contributed by atoms with Gasteiger partial charge >= 0.3 is 5.69 Å². The van der Waals surface area contributed by atoms with E-state index in [1.807, 2.05) is 17.8 Å². The van der Waals surface area contributed by atoms with Crippen LogP contribution >= 0.6 is 0 Å². The number of nitrogens with zero attached hydrogens (tertiary/aromatic N) is 7. The zero-order chi connectivity index (χ0) is 20.0. The van der Waals surface area contributed by atoms with E-state index in [2.05, 4.69) is 15.3 Å². The van der Waals surface area contributed by atoms with Crippen LogP contribution < -0.4 is 16.6 Å². The summed E-state index contributed by atoms with van der Waals surface area (Å²) in [4.78, 5) is 48.8. The lowest BCUT2D eigenvalue weighted by Gasteiger charge is -2.35. The second kappa shape index (κ2) is 6.75. The summed E-state index contributed by atoms with van der Waals surface area (Å²) in [5.74, 6) is 0.457.